The van der Waals surface area contributed by atoms with Gasteiger partial charge in [0.25, 0.3) is 0 Å². The zero-order valence-corrected chi connectivity index (χ0v) is 13.0. The molecule has 0 bridgehead atoms. The Hall–Kier alpha value is -1.85. The van der Waals surface area contributed by atoms with Crippen molar-refractivity contribution in [1.29, 1.82) is 0 Å². The van der Waals surface area contributed by atoms with Gasteiger partial charge in [0.15, 0.2) is 0 Å². The highest BCUT2D eigenvalue weighted by atomic mass is 16.5. The fraction of sp³-hybridized carbons (Fsp3) is 0.667. The molecule has 2 amide bonds. The summed E-state index contributed by atoms with van der Waals surface area (Å²) in [5.74, 6) is 1.17. The number of hydrogen-bond donors (Lipinski definition) is 0. The summed E-state index contributed by atoms with van der Waals surface area (Å²) in [7, 11) is 0. The monoisotopic (exact) mass is 293 g/mol. The van der Waals surface area contributed by atoms with Crippen molar-refractivity contribution in [3.8, 4) is 0 Å². The molecule has 1 aromatic rings. The molecular formula is C15H23N3O3. The van der Waals surface area contributed by atoms with Crippen LogP contribution in [0.1, 0.15) is 31.7 Å². The predicted octanol–water partition coefficient (Wildman–Crippen LogP) is 1.24. The first kappa shape index (κ1) is 15.5. The third kappa shape index (κ3) is 4.31. The number of aryl methyl sites for hydroxylation is 1. The van der Waals surface area contributed by atoms with Crippen LogP contribution < -0.4 is 0 Å². The van der Waals surface area contributed by atoms with Crippen molar-refractivity contribution >= 4 is 11.8 Å². The summed E-state index contributed by atoms with van der Waals surface area (Å²) in [6.45, 7) is 8.33. The highest BCUT2D eigenvalue weighted by Crippen LogP contribution is 2.10. The van der Waals surface area contributed by atoms with Crippen LogP contribution in [0.15, 0.2) is 10.6 Å². The zero-order valence-electron chi connectivity index (χ0n) is 13.0. The molecule has 0 spiro atoms. The van der Waals surface area contributed by atoms with Crippen molar-refractivity contribution in [2.24, 2.45) is 5.92 Å². The number of carbonyl (C=O) groups excluding carboxylic acids is 2. The molecule has 0 unspecified atom stereocenters. The van der Waals surface area contributed by atoms with Crippen LogP contribution in [0.4, 0.5) is 0 Å². The van der Waals surface area contributed by atoms with Gasteiger partial charge >= 0.3 is 0 Å². The number of piperazine rings is 1. The van der Waals surface area contributed by atoms with E-state index in [1.54, 1.807) is 11.0 Å². The van der Waals surface area contributed by atoms with E-state index in [0.717, 1.165) is 5.69 Å². The smallest absolute Gasteiger partial charge is 0.230 e. The third-order valence-corrected chi connectivity index (χ3v) is 3.57. The maximum Gasteiger partial charge on any atom is 0.230 e. The lowest BCUT2D eigenvalue weighted by atomic mass is 10.1. The molecule has 6 heteroatoms. The van der Waals surface area contributed by atoms with E-state index >= 15 is 0 Å². The van der Waals surface area contributed by atoms with Gasteiger partial charge in [-0.2, -0.15) is 0 Å². The number of aromatic nitrogens is 1. The first-order chi connectivity index (χ1) is 9.95. The summed E-state index contributed by atoms with van der Waals surface area (Å²) in [6, 6.07) is 1.78. The molecule has 1 fully saturated rings. The molecule has 116 valence electrons. The minimum absolute atomic E-state index is 0.0297. The van der Waals surface area contributed by atoms with Gasteiger partial charge in [-0.05, 0) is 12.8 Å². The molecule has 0 aromatic carbocycles. The van der Waals surface area contributed by atoms with E-state index in [-0.39, 0.29) is 18.2 Å². The van der Waals surface area contributed by atoms with Crippen LogP contribution in [-0.4, -0.2) is 52.9 Å². The summed E-state index contributed by atoms with van der Waals surface area (Å²) in [4.78, 5) is 27.8. The zero-order chi connectivity index (χ0) is 15.4. The summed E-state index contributed by atoms with van der Waals surface area (Å²) in [5, 5.41) is 3.78. The summed E-state index contributed by atoms with van der Waals surface area (Å²) in [6.07, 6.45) is 0.812. The number of rotatable bonds is 4. The Bertz CT molecular complexity index is 502. The second-order valence-corrected chi connectivity index (χ2v) is 5.97. The van der Waals surface area contributed by atoms with Gasteiger partial charge in [-0.3, -0.25) is 9.59 Å². The van der Waals surface area contributed by atoms with Crippen molar-refractivity contribution in [2.75, 3.05) is 26.2 Å². The lowest BCUT2D eigenvalue weighted by Crippen LogP contribution is -2.51. The summed E-state index contributed by atoms with van der Waals surface area (Å²) < 4.78 is 5.07. The van der Waals surface area contributed by atoms with E-state index in [9.17, 15) is 9.59 Å². The Kier molecular flexibility index (Phi) is 4.98. The van der Waals surface area contributed by atoms with Crippen LogP contribution in [0.5, 0.6) is 0 Å². The molecule has 0 aliphatic carbocycles. The van der Waals surface area contributed by atoms with Crippen molar-refractivity contribution in [3.63, 3.8) is 0 Å². The van der Waals surface area contributed by atoms with Crippen LogP contribution >= 0.6 is 0 Å². The Morgan fingerprint density at radius 1 is 1.19 bits per heavy atom. The SMILES string of the molecule is Cc1cc(CC(=O)N2CCN(C(=O)CC(C)C)CC2)on1. The first-order valence-electron chi connectivity index (χ1n) is 7.43. The molecule has 6 nitrogen and oxygen atoms in total. The second-order valence-electron chi connectivity index (χ2n) is 5.97. The Balaban J connectivity index is 1.80. The predicted molar refractivity (Wildman–Crippen MR) is 77.6 cm³/mol. The molecule has 0 saturated carbocycles. The molecular weight excluding hydrogens is 270 g/mol. The minimum Gasteiger partial charge on any atom is -0.361 e. The lowest BCUT2D eigenvalue weighted by molar-refractivity contribution is -0.139. The molecule has 0 N–H and O–H groups in total. The highest BCUT2D eigenvalue weighted by Gasteiger charge is 2.24. The van der Waals surface area contributed by atoms with Crippen LogP contribution in [0, 0.1) is 12.8 Å². The molecule has 0 radical (unpaired) electrons. The van der Waals surface area contributed by atoms with E-state index in [4.69, 9.17) is 4.52 Å². The lowest BCUT2D eigenvalue weighted by Gasteiger charge is -2.35. The molecule has 2 rings (SSSR count). The van der Waals surface area contributed by atoms with Crippen molar-refractivity contribution < 1.29 is 14.1 Å². The van der Waals surface area contributed by atoms with Crippen LogP contribution in [0.2, 0.25) is 0 Å². The van der Waals surface area contributed by atoms with E-state index in [2.05, 4.69) is 5.16 Å². The Morgan fingerprint density at radius 2 is 1.76 bits per heavy atom. The number of amides is 2. The third-order valence-electron chi connectivity index (χ3n) is 3.57. The van der Waals surface area contributed by atoms with Crippen molar-refractivity contribution in [1.82, 2.24) is 15.0 Å². The fourth-order valence-electron chi connectivity index (χ4n) is 2.44. The average molecular weight is 293 g/mol. The minimum atomic E-state index is 0.0297. The van der Waals surface area contributed by atoms with E-state index in [0.29, 0.717) is 44.3 Å². The van der Waals surface area contributed by atoms with E-state index in [1.807, 2.05) is 25.7 Å². The number of hydrogen-bond acceptors (Lipinski definition) is 4. The molecule has 21 heavy (non-hydrogen) atoms. The maximum absolute atomic E-state index is 12.2. The maximum atomic E-state index is 12.2. The largest absolute Gasteiger partial charge is 0.361 e. The quantitative estimate of drug-likeness (QED) is 0.838. The van der Waals surface area contributed by atoms with Crippen molar-refractivity contribution in [2.45, 2.75) is 33.6 Å². The van der Waals surface area contributed by atoms with Gasteiger partial charge in [0.1, 0.15) is 5.76 Å². The molecule has 1 aromatic heterocycles. The molecule has 1 aliphatic rings. The first-order valence-corrected chi connectivity index (χ1v) is 7.43. The molecule has 1 aliphatic heterocycles. The van der Waals surface area contributed by atoms with Crippen LogP contribution in [0.25, 0.3) is 0 Å². The number of nitrogens with zero attached hydrogens (tertiary/aromatic N) is 3. The summed E-state index contributed by atoms with van der Waals surface area (Å²) in [5.41, 5.74) is 0.780. The Labute approximate surface area is 125 Å². The van der Waals surface area contributed by atoms with Crippen molar-refractivity contribution in [3.05, 3.63) is 17.5 Å². The fourth-order valence-corrected chi connectivity index (χ4v) is 2.44. The summed E-state index contributed by atoms with van der Waals surface area (Å²) >= 11 is 0. The molecule has 1 saturated heterocycles. The second kappa shape index (κ2) is 6.74. The van der Waals surface area contributed by atoms with Gasteiger partial charge < -0.3 is 14.3 Å². The van der Waals surface area contributed by atoms with E-state index < -0.39 is 0 Å². The Morgan fingerprint density at radius 3 is 2.24 bits per heavy atom. The molecule has 2 heterocycles. The van der Waals surface area contributed by atoms with E-state index in [1.165, 1.54) is 0 Å². The van der Waals surface area contributed by atoms with Gasteiger partial charge in [0.2, 0.25) is 11.8 Å². The normalized spacial score (nSPS) is 15.6. The number of carbonyl (C=O) groups is 2. The van der Waals surface area contributed by atoms with Gasteiger partial charge in [-0.25, -0.2) is 0 Å². The molecule has 0 atom stereocenters. The highest BCUT2D eigenvalue weighted by molar-refractivity contribution is 5.79. The van der Waals surface area contributed by atoms with Gasteiger partial charge in [0.05, 0.1) is 12.1 Å². The van der Waals surface area contributed by atoms with Gasteiger partial charge in [-0.1, -0.05) is 19.0 Å². The van der Waals surface area contributed by atoms with Crippen LogP contribution in [0.3, 0.4) is 0 Å². The van der Waals surface area contributed by atoms with Gasteiger partial charge in [-0.15, -0.1) is 0 Å². The standard InChI is InChI=1S/C15H23N3O3/c1-11(2)8-14(19)17-4-6-18(7-5-17)15(20)10-13-9-12(3)16-21-13/h9,11H,4-8,10H2,1-3H3. The van der Waals surface area contributed by atoms with Crippen LogP contribution in [-0.2, 0) is 16.0 Å². The average Bonchev–Trinajstić information content (AvgIpc) is 2.83. The topological polar surface area (TPSA) is 66.7 Å². The van der Waals surface area contributed by atoms with Gasteiger partial charge in [0, 0.05) is 38.7 Å².